The fraction of sp³-hybridized carbons (Fsp3) is 0.722. The second-order valence-electron chi connectivity index (χ2n) is 7.21. The molecule has 1 aromatic rings. The summed E-state index contributed by atoms with van der Waals surface area (Å²) in [7, 11) is 0. The molecule has 1 unspecified atom stereocenters. The van der Waals surface area contributed by atoms with E-state index >= 15 is 0 Å². The molecule has 0 saturated carbocycles. The molecule has 0 amide bonds. The van der Waals surface area contributed by atoms with Crippen LogP contribution in [0.2, 0.25) is 0 Å². The molecule has 1 saturated heterocycles. The second-order valence-corrected chi connectivity index (χ2v) is 7.21. The Morgan fingerprint density at radius 3 is 2.81 bits per heavy atom. The van der Waals surface area contributed by atoms with Crippen molar-refractivity contribution in [2.75, 3.05) is 11.4 Å². The summed E-state index contributed by atoms with van der Waals surface area (Å²) < 4.78 is 0. The highest BCUT2D eigenvalue weighted by Gasteiger charge is 2.22. The van der Waals surface area contributed by atoms with Crippen molar-refractivity contribution < 1.29 is 0 Å². The van der Waals surface area contributed by atoms with Crippen molar-refractivity contribution in [3.05, 3.63) is 24.0 Å². The smallest absolute Gasteiger partial charge is 0.0445 e. The lowest BCUT2D eigenvalue weighted by Gasteiger charge is -2.33. The predicted molar refractivity (Wildman–Crippen MR) is 90.7 cm³/mol. The molecule has 2 heterocycles. The van der Waals surface area contributed by atoms with Crippen LogP contribution in [0, 0.1) is 0 Å². The number of rotatable bonds is 4. The molecular weight excluding hydrogens is 258 g/mol. The van der Waals surface area contributed by atoms with Crippen LogP contribution in [0.5, 0.6) is 0 Å². The van der Waals surface area contributed by atoms with Gasteiger partial charge in [-0.2, -0.15) is 0 Å². The van der Waals surface area contributed by atoms with Gasteiger partial charge in [-0.15, -0.1) is 0 Å². The Morgan fingerprint density at radius 2 is 2.10 bits per heavy atom. The quantitative estimate of drug-likeness (QED) is 0.903. The van der Waals surface area contributed by atoms with Crippen LogP contribution >= 0.6 is 0 Å². The van der Waals surface area contributed by atoms with Crippen molar-refractivity contribution in [3.63, 3.8) is 0 Å². The van der Waals surface area contributed by atoms with E-state index in [1.54, 1.807) is 0 Å². The van der Waals surface area contributed by atoms with E-state index in [4.69, 9.17) is 0 Å². The van der Waals surface area contributed by atoms with Gasteiger partial charge in [-0.05, 0) is 46.1 Å². The number of nitrogens with one attached hydrogen (secondary N) is 1. The van der Waals surface area contributed by atoms with Crippen LogP contribution in [0.1, 0.15) is 65.4 Å². The van der Waals surface area contributed by atoms with Gasteiger partial charge in [-0.1, -0.05) is 19.8 Å². The van der Waals surface area contributed by atoms with Crippen LogP contribution in [0.25, 0.3) is 0 Å². The third kappa shape index (κ3) is 4.70. The molecule has 3 nitrogen and oxygen atoms in total. The van der Waals surface area contributed by atoms with E-state index in [0.717, 1.165) is 6.54 Å². The van der Waals surface area contributed by atoms with Gasteiger partial charge in [0.1, 0.15) is 0 Å². The largest absolute Gasteiger partial charge is 0.368 e. The van der Waals surface area contributed by atoms with Gasteiger partial charge in [-0.3, -0.25) is 4.98 Å². The molecule has 3 heteroatoms. The third-order valence-electron chi connectivity index (χ3n) is 4.34. The SMILES string of the molecule is CCC1CCCCCN1c1ccncc1CNC(C)(C)C. The summed E-state index contributed by atoms with van der Waals surface area (Å²) in [6.07, 6.45) is 10.6. The standard InChI is InChI=1S/C18H31N3/c1-5-16-9-7-6-8-12-21(16)17-10-11-19-13-15(17)14-20-18(2,3)4/h10-11,13,16,20H,5-9,12,14H2,1-4H3. The first-order valence-corrected chi connectivity index (χ1v) is 8.46. The molecule has 0 radical (unpaired) electrons. The number of pyridine rings is 1. The highest BCUT2D eigenvalue weighted by atomic mass is 15.2. The van der Waals surface area contributed by atoms with E-state index in [9.17, 15) is 0 Å². The van der Waals surface area contributed by atoms with Gasteiger partial charge in [0.25, 0.3) is 0 Å². The van der Waals surface area contributed by atoms with Crippen LogP contribution in [-0.2, 0) is 6.54 Å². The maximum Gasteiger partial charge on any atom is 0.0445 e. The van der Waals surface area contributed by atoms with Crippen LogP contribution in [-0.4, -0.2) is 23.1 Å². The molecule has 0 spiro atoms. The van der Waals surface area contributed by atoms with E-state index < -0.39 is 0 Å². The number of hydrogen-bond acceptors (Lipinski definition) is 3. The summed E-state index contributed by atoms with van der Waals surface area (Å²) in [6.45, 7) is 11.0. The van der Waals surface area contributed by atoms with Gasteiger partial charge in [0.2, 0.25) is 0 Å². The van der Waals surface area contributed by atoms with E-state index in [1.165, 1.54) is 49.9 Å². The highest BCUT2D eigenvalue weighted by molar-refractivity contribution is 5.53. The summed E-state index contributed by atoms with van der Waals surface area (Å²) in [4.78, 5) is 6.98. The highest BCUT2D eigenvalue weighted by Crippen LogP contribution is 2.28. The maximum absolute atomic E-state index is 4.35. The topological polar surface area (TPSA) is 28.2 Å². The van der Waals surface area contributed by atoms with Gasteiger partial charge in [-0.25, -0.2) is 0 Å². The molecule has 0 aromatic carbocycles. The molecule has 1 fully saturated rings. The van der Waals surface area contributed by atoms with Crippen molar-refractivity contribution in [1.82, 2.24) is 10.3 Å². The number of anilines is 1. The van der Waals surface area contributed by atoms with Crippen molar-refractivity contribution in [2.24, 2.45) is 0 Å². The van der Waals surface area contributed by atoms with Crippen LogP contribution in [0.4, 0.5) is 5.69 Å². The molecule has 2 rings (SSSR count). The Kier molecular flexibility index (Phi) is 5.63. The van der Waals surface area contributed by atoms with Gasteiger partial charge in [0, 0.05) is 48.3 Å². The Balaban J connectivity index is 2.20. The third-order valence-corrected chi connectivity index (χ3v) is 4.34. The summed E-state index contributed by atoms with van der Waals surface area (Å²) in [6, 6.07) is 2.89. The maximum atomic E-state index is 4.35. The normalized spacial score (nSPS) is 20.4. The van der Waals surface area contributed by atoms with E-state index in [2.05, 4.69) is 49.0 Å². The van der Waals surface area contributed by atoms with Crippen molar-refractivity contribution in [1.29, 1.82) is 0 Å². The van der Waals surface area contributed by atoms with Crippen molar-refractivity contribution in [2.45, 2.75) is 77.9 Å². The number of nitrogens with zero attached hydrogens (tertiary/aromatic N) is 2. The fourth-order valence-corrected chi connectivity index (χ4v) is 3.12. The summed E-state index contributed by atoms with van der Waals surface area (Å²) in [5.74, 6) is 0. The van der Waals surface area contributed by atoms with E-state index in [0.29, 0.717) is 6.04 Å². The minimum absolute atomic E-state index is 0.135. The predicted octanol–water partition coefficient (Wildman–Crippen LogP) is 4.13. The molecule has 0 aliphatic carbocycles. The van der Waals surface area contributed by atoms with Crippen LogP contribution < -0.4 is 10.2 Å². The van der Waals surface area contributed by atoms with E-state index in [-0.39, 0.29) is 5.54 Å². The summed E-state index contributed by atoms with van der Waals surface area (Å²) in [5, 5.41) is 3.60. The van der Waals surface area contributed by atoms with Gasteiger partial charge in [0.15, 0.2) is 0 Å². The van der Waals surface area contributed by atoms with Crippen molar-refractivity contribution >= 4 is 5.69 Å². The monoisotopic (exact) mass is 289 g/mol. The Labute approximate surface area is 130 Å². The lowest BCUT2D eigenvalue weighted by atomic mass is 10.1. The van der Waals surface area contributed by atoms with Crippen LogP contribution in [0.3, 0.4) is 0 Å². The summed E-state index contributed by atoms with van der Waals surface area (Å²) in [5.41, 5.74) is 2.85. The van der Waals surface area contributed by atoms with Crippen molar-refractivity contribution in [3.8, 4) is 0 Å². The fourth-order valence-electron chi connectivity index (χ4n) is 3.12. The number of aromatic nitrogens is 1. The van der Waals surface area contributed by atoms with Gasteiger partial charge >= 0.3 is 0 Å². The van der Waals surface area contributed by atoms with Crippen LogP contribution in [0.15, 0.2) is 18.5 Å². The molecular formula is C18H31N3. The molecule has 1 aliphatic rings. The zero-order chi connectivity index (χ0) is 15.3. The molecule has 0 bridgehead atoms. The molecule has 1 aliphatic heterocycles. The lowest BCUT2D eigenvalue weighted by molar-refractivity contribution is 0.423. The molecule has 1 N–H and O–H groups in total. The molecule has 1 atom stereocenters. The first-order chi connectivity index (χ1) is 10.0. The average Bonchev–Trinajstić information content (AvgIpc) is 2.69. The molecule has 1 aromatic heterocycles. The van der Waals surface area contributed by atoms with Gasteiger partial charge in [0.05, 0.1) is 0 Å². The zero-order valence-corrected chi connectivity index (χ0v) is 14.2. The second kappa shape index (κ2) is 7.26. The molecule has 118 valence electrons. The summed E-state index contributed by atoms with van der Waals surface area (Å²) >= 11 is 0. The zero-order valence-electron chi connectivity index (χ0n) is 14.2. The first-order valence-electron chi connectivity index (χ1n) is 8.46. The van der Waals surface area contributed by atoms with Gasteiger partial charge < -0.3 is 10.2 Å². The Morgan fingerprint density at radius 1 is 1.29 bits per heavy atom. The molecule has 21 heavy (non-hydrogen) atoms. The number of hydrogen-bond donors (Lipinski definition) is 1. The van der Waals surface area contributed by atoms with E-state index in [1.807, 2.05) is 12.4 Å². The minimum atomic E-state index is 0.135. The Hall–Kier alpha value is -1.09. The average molecular weight is 289 g/mol. The Bertz CT molecular complexity index is 436. The lowest BCUT2D eigenvalue weighted by Crippen LogP contribution is -2.38. The first kappa shape index (κ1) is 16.3. The minimum Gasteiger partial charge on any atom is -0.368 e.